The average molecular weight is 581 g/mol. The number of carbonyl (C=O) groups is 2. The highest BCUT2D eigenvalue weighted by atomic mass is 16.6. The summed E-state index contributed by atoms with van der Waals surface area (Å²) in [6.07, 6.45) is 4.89. The number of rotatable bonds is 10. The number of likely N-dealkylation sites (tertiary alicyclic amines) is 1. The molecule has 2 aliphatic rings. The molecule has 3 heterocycles. The fourth-order valence-corrected chi connectivity index (χ4v) is 5.36. The van der Waals surface area contributed by atoms with Crippen LogP contribution in [0, 0.1) is 17.2 Å². The number of anilines is 1. The molecule has 2 fully saturated rings. The molecule has 11 nitrogen and oxygen atoms in total. The Morgan fingerprint density at radius 1 is 1.14 bits per heavy atom. The van der Waals surface area contributed by atoms with E-state index < -0.39 is 23.8 Å². The molecule has 2 atom stereocenters. The summed E-state index contributed by atoms with van der Waals surface area (Å²) in [6.45, 7) is 12.3. The van der Waals surface area contributed by atoms with Gasteiger partial charge in [0.05, 0.1) is 12.7 Å². The van der Waals surface area contributed by atoms with Crippen LogP contribution in [0.4, 0.5) is 10.8 Å². The summed E-state index contributed by atoms with van der Waals surface area (Å²) in [5, 5.41) is 16.3. The number of hydrogen-bond acceptors (Lipinski definition) is 9. The van der Waals surface area contributed by atoms with E-state index in [0.29, 0.717) is 42.8 Å². The molecule has 0 aliphatic carbocycles. The number of amides is 2. The monoisotopic (exact) mass is 580 g/mol. The normalized spacial score (nSPS) is 18.5. The average Bonchev–Trinajstić information content (AvgIpc) is 3.64. The quantitative estimate of drug-likeness (QED) is 0.369. The van der Waals surface area contributed by atoms with E-state index in [2.05, 4.69) is 40.3 Å². The van der Waals surface area contributed by atoms with Gasteiger partial charge in [-0.05, 0) is 82.9 Å². The molecule has 1 N–H and O–H groups in total. The summed E-state index contributed by atoms with van der Waals surface area (Å²) in [5.41, 5.74) is -0.101. The van der Waals surface area contributed by atoms with E-state index in [0.717, 1.165) is 51.0 Å². The van der Waals surface area contributed by atoms with Gasteiger partial charge < -0.3 is 29.1 Å². The first-order valence-electron chi connectivity index (χ1n) is 15.0. The Balaban J connectivity index is 1.27. The Morgan fingerprint density at radius 2 is 1.86 bits per heavy atom. The number of nitriles is 1. The van der Waals surface area contributed by atoms with Crippen molar-refractivity contribution < 1.29 is 23.6 Å². The molecule has 2 aliphatic heterocycles. The van der Waals surface area contributed by atoms with Crippen LogP contribution in [-0.4, -0.2) is 64.9 Å². The van der Waals surface area contributed by atoms with Crippen LogP contribution in [0.2, 0.25) is 0 Å². The molecule has 1 aromatic carbocycles. The van der Waals surface area contributed by atoms with Crippen molar-refractivity contribution in [1.82, 2.24) is 20.4 Å². The number of aromatic nitrogens is 2. The highest BCUT2D eigenvalue weighted by Crippen LogP contribution is 2.28. The van der Waals surface area contributed by atoms with Crippen LogP contribution in [0.25, 0.3) is 0 Å². The molecule has 4 rings (SSSR count). The highest BCUT2D eigenvalue weighted by molar-refractivity contribution is 5.87. The molecule has 42 heavy (non-hydrogen) atoms. The third-order valence-corrected chi connectivity index (χ3v) is 7.66. The van der Waals surface area contributed by atoms with Gasteiger partial charge in [0.1, 0.15) is 23.4 Å². The fourth-order valence-electron chi connectivity index (χ4n) is 5.36. The van der Waals surface area contributed by atoms with Crippen molar-refractivity contribution in [2.45, 2.75) is 96.7 Å². The van der Waals surface area contributed by atoms with Crippen molar-refractivity contribution in [3.05, 3.63) is 35.7 Å². The lowest BCUT2D eigenvalue weighted by molar-refractivity contribution is -0.133. The second kappa shape index (κ2) is 13.9. The van der Waals surface area contributed by atoms with Crippen molar-refractivity contribution in [3.63, 3.8) is 0 Å². The van der Waals surface area contributed by atoms with E-state index in [-0.39, 0.29) is 11.8 Å². The van der Waals surface area contributed by atoms with Gasteiger partial charge in [-0.25, -0.2) is 4.79 Å². The maximum atomic E-state index is 13.4. The minimum Gasteiger partial charge on any atom is -0.494 e. The van der Waals surface area contributed by atoms with Crippen LogP contribution in [0.15, 0.2) is 28.8 Å². The minimum absolute atomic E-state index is 0.251. The predicted molar refractivity (Wildman–Crippen MR) is 157 cm³/mol. The Kier molecular flexibility index (Phi) is 10.3. The topological polar surface area (TPSA) is 134 Å². The lowest BCUT2D eigenvalue weighted by Gasteiger charge is -2.30. The molecular weight excluding hydrogens is 536 g/mol. The Hall–Kier alpha value is -3.81. The van der Waals surface area contributed by atoms with Gasteiger partial charge in [0.2, 0.25) is 0 Å². The van der Waals surface area contributed by atoms with E-state index in [9.17, 15) is 14.9 Å². The lowest BCUT2D eigenvalue weighted by atomic mass is 9.92. The van der Waals surface area contributed by atoms with E-state index in [4.69, 9.17) is 14.0 Å². The zero-order chi connectivity index (χ0) is 30.3. The summed E-state index contributed by atoms with van der Waals surface area (Å²) >= 11 is 0. The zero-order valence-corrected chi connectivity index (χ0v) is 25.5. The second-order valence-corrected chi connectivity index (χ2v) is 12.5. The van der Waals surface area contributed by atoms with Gasteiger partial charge in [0.25, 0.3) is 5.91 Å². The number of carbonyl (C=O) groups excluding carboxylic acids is 2. The number of piperidine rings is 1. The van der Waals surface area contributed by atoms with Crippen molar-refractivity contribution in [3.8, 4) is 11.8 Å². The summed E-state index contributed by atoms with van der Waals surface area (Å²) < 4.78 is 16.8. The molecule has 2 saturated heterocycles. The highest BCUT2D eigenvalue weighted by Gasteiger charge is 2.35. The molecule has 0 bridgehead atoms. The second-order valence-electron chi connectivity index (χ2n) is 12.5. The minimum atomic E-state index is -0.960. The van der Waals surface area contributed by atoms with Gasteiger partial charge in [-0.15, -0.1) is 0 Å². The third kappa shape index (κ3) is 8.37. The Bertz CT molecular complexity index is 1220. The Morgan fingerprint density at radius 3 is 2.48 bits per heavy atom. The van der Waals surface area contributed by atoms with E-state index in [1.807, 2.05) is 12.1 Å². The molecule has 2 aromatic rings. The summed E-state index contributed by atoms with van der Waals surface area (Å²) in [6, 6.07) is 8.56. The first-order valence-corrected chi connectivity index (χ1v) is 15.0. The molecule has 2 amide bonds. The zero-order valence-electron chi connectivity index (χ0n) is 25.5. The summed E-state index contributed by atoms with van der Waals surface area (Å²) in [4.78, 5) is 34.3. The van der Waals surface area contributed by atoms with Gasteiger partial charge in [-0.3, -0.25) is 4.79 Å². The summed E-state index contributed by atoms with van der Waals surface area (Å²) in [5.74, 6) is 2.02. The van der Waals surface area contributed by atoms with Gasteiger partial charge >= 0.3 is 12.1 Å². The van der Waals surface area contributed by atoms with Crippen LogP contribution < -0.4 is 15.0 Å². The number of benzene rings is 1. The van der Waals surface area contributed by atoms with Gasteiger partial charge in [-0.2, -0.15) is 10.2 Å². The number of hydrogen-bond donors (Lipinski definition) is 1. The lowest BCUT2D eigenvalue weighted by Crippen LogP contribution is -2.45. The SMILES string of the molecule is CC(C)c1noc(N2CCC(CCCOc3ccc([C@@H](NC(=O)OC(C)(C)C)C(=O)N4CCC[C@H]4C#N)cc3)CC2)n1. The standard InChI is InChI=1S/C31H44N6O5/c1-21(2)27-34-29(42-35-27)36-17-14-22(15-18-36)8-7-19-40-25-12-10-23(11-13-25)26(33-30(39)41-31(3,4)5)28(38)37-16-6-9-24(37)20-32/h10-13,21-22,24,26H,6-9,14-19H2,1-5H3,(H,33,39)/t24-,26+/m0/s1. The predicted octanol–water partition coefficient (Wildman–Crippen LogP) is 5.35. The van der Waals surface area contributed by atoms with Crippen molar-refractivity contribution >= 4 is 18.0 Å². The third-order valence-electron chi connectivity index (χ3n) is 7.66. The summed E-state index contributed by atoms with van der Waals surface area (Å²) in [7, 11) is 0. The van der Waals surface area contributed by atoms with E-state index >= 15 is 0 Å². The van der Waals surface area contributed by atoms with Crippen LogP contribution in [0.3, 0.4) is 0 Å². The number of ether oxygens (including phenoxy) is 2. The first kappa shape index (κ1) is 31.1. The molecule has 0 unspecified atom stereocenters. The maximum absolute atomic E-state index is 13.4. The molecule has 228 valence electrons. The first-order chi connectivity index (χ1) is 20.0. The largest absolute Gasteiger partial charge is 0.494 e. The van der Waals surface area contributed by atoms with Gasteiger partial charge in [0, 0.05) is 25.6 Å². The molecule has 0 radical (unpaired) electrons. The molecule has 0 spiro atoms. The smallest absolute Gasteiger partial charge is 0.408 e. The van der Waals surface area contributed by atoms with Gasteiger partial charge in [0.15, 0.2) is 5.82 Å². The maximum Gasteiger partial charge on any atom is 0.408 e. The molecular formula is C31H44N6O5. The number of nitrogens with zero attached hydrogens (tertiary/aromatic N) is 5. The number of nitrogens with one attached hydrogen (secondary N) is 1. The van der Waals surface area contributed by atoms with Crippen molar-refractivity contribution in [1.29, 1.82) is 5.26 Å². The molecule has 0 saturated carbocycles. The van der Waals surface area contributed by atoms with Gasteiger partial charge in [-0.1, -0.05) is 31.1 Å². The van der Waals surface area contributed by atoms with Crippen LogP contribution in [0.1, 0.15) is 96.5 Å². The van der Waals surface area contributed by atoms with Crippen molar-refractivity contribution in [2.75, 3.05) is 31.1 Å². The van der Waals surface area contributed by atoms with Crippen LogP contribution in [-0.2, 0) is 9.53 Å². The van der Waals surface area contributed by atoms with Crippen LogP contribution in [0.5, 0.6) is 5.75 Å². The number of alkyl carbamates (subject to hydrolysis) is 1. The molecule has 1 aromatic heterocycles. The Labute approximate surface area is 248 Å². The van der Waals surface area contributed by atoms with E-state index in [1.54, 1.807) is 37.8 Å². The molecule has 11 heteroatoms. The van der Waals surface area contributed by atoms with Crippen molar-refractivity contribution in [2.24, 2.45) is 5.92 Å². The van der Waals surface area contributed by atoms with E-state index in [1.165, 1.54) is 0 Å². The van der Waals surface area contributed by atoms with Crippen LogP contribution >= 0.6 is 0 Å². The fraction of sp³-hybridized carbons (Fsp3) is 0.645.